The molecule has 5 heteroatoms. The predicted molar refractivity (Wildman–Crippen MR) is 107 cm³/mol. The minimum Gasteiger partial charge on any atom is -0.368 e. The molecule has 1 saturated heterocycles. The van der Waals surface area contributed by atoms with Crippen LogP contribution in [0, 0.1) is 5.41 Å². The third-order valence-corrected chi connectivity index (χ3v) is 4.58. The zero-order valence-electron chi connectivity index (χ0n) is 16.7. The maximum Gasteiger partial charge on any atom is 0.224 e. The average molecular weight is 360 g/mol. The Hall–Kier alpha value is -2.04. The number of anilines is 2. The Kier molecular flexibility index (Phi) is 7.06. The van der Waals surface area contributed by atoms with Crippen LogP contribution in [-0.2, 0) is 9.59 Å². The molecule has 0 unspecified atom stereocenters. The molecule has 1 N–H and O–H groups in total. The van der Waals surface area contributed by atoms with E-state index in [1.54, 1.807) is 0 Å². The summed E-state index contributed by atoms with van der Waals surface area (Å²) in [5.74, 6) is 0.327. The molecule has 2 amide bonds. The van der Waals surface area contributed by atoms with Crippen LogP contribution in [0.1, 0.15) is 53.4 Å². The fraction of sp³-hybridized carbons (Fsp3) is 0.619. The normalized spacial score (nSPS) is 15.1. The highest BCUT2D eigenvalue weighted by Crippen LogP contribution is 2.22. The number of amides is 2. The van der Waals surface area contributed by atoms with E-state index in [9.17, 15) is 9.59 Å². The summed E-state index contributed by atoms with van der Waals surface area (Å²) in [4.78, 5) is 28.4. The second kappa shape index (κ2) is 9.06. The van der Waals surface area contributed by atoms with Crippen LogP contribution in [0.15, 0.2) is 24.3 Å². The summed E-state index contributed by atoms with van der Waals surface area (Å²) in [6.07, 6.45) is 3.20. The van der Waals surface area contributed by atoms with Gasteiger partial charge in [-0.1, -0.05) is 34.1 Å². The van der Waals surface area contributed by atoms with E-state index < -0.39 is 0 Å². The highest BCUT2D eigenvalue weighted by atomic mass is 16.2. The molecule has 5 nitrogen and oxygen atoms in total. The largest absolute Gasteiger partial charge is 0.368 e. The number of hydrogen-bond donors (Lipinski definition) is 1. The number of carbonyl (C=O) groups excluding carboxylic acids is 2. The van der Waals surface area contributed by atoms with Crippen LogP contribution in [0.25, 0.3) is 0 Å². The average Bonchev–Trinajstić information content (AvgIpc) is 2.59. The van der Waals surface area contributed by atoms with Crippen LogP contribution in [0.4, 0.5) is 11.4 Å². The SMILES string of the molecule is CCCCC(=O)N1CCN(c2ccc(NC(=O)CC(C)(C)C)cc2)CC1. The minimum atomic E-state index is -0.0156. The van der Waals surface area contributed by atoms with Gasteiger partial charge in [0.1, 0.15) is 0 Å². The van der Waals surface area contributed by atoms with Crippen molar-refractivity contribution in [3.63, 3.8) is 0 Å². The van der Waals surface area contributed by atoms with Gasteiger partial charge >= 0.3 is 0 Å². The second-order valence-electron chi connectivity index (χ2n) is 8.30. The number of nitrogens with zero attached hydrogens (tertiary/aromatic N) is 2. The molecule has 0 saturated carbocycles. The molecule has 0 atom stereocenters. The van der Waals surface area contributed by atoms with Crippen LogP contribution < -0.4 is 10.2 Å². The number of benzene rings is 1. The molecule has 1 heterocycles. The Labute approximate surface area is 157 Å². The third kappa shape index (κ3) is 6.36. The van der Waals surface area contributed by atoms with Gasteiger partial charge in [-0.05, 0) is 36.1 Å². The van der Waals surface area contributed by atoms with Crippen molar-refractivity contribution in [2.75, 3.05) is 36.4 Å². The van der Waals surface area contributed by atoms with Crippen LogP contribution in [0.3, 0.4) is 0 Å². The first-order chi connectivity index (χ1) is 12.3. The molecule has 1 aliphatic rings. The van der Waals surface area contributed by atoms with E-state index >= 15 is 0 Å². The van der Waals surface area contributed by atoms with Gasteiger partial charge in [0, 0.05) is 50.4 Å². The van der Waals surface area contributed by atoms with Crippen molar-refractivity contribution in [2.45, 2.75) is 53.4 Å². The Morgan fingerprint density at radius 3 is 2.19 bits per heavy atom. The van der Waals surface area contributed by atoms with E-state index in [-0.39, 0.29) is 17.2 Å². The number of hydrogen-bond acceptors (Lipinski definition) is 3. The van der Waals surface area contributed by atoms with E-state index in [0.717, 1.165) is 50.4 Å². The quantitative estimate of drug-likeness (QED) is 0.838. The number of rotatable bonds is 6. The number of nitrogens with one attached hydrogen (secondary N) is 1. The smallest absolute Gasteiger partial charge is 0.224 e. The predicted octanol–water partition coefficient (Wildman–Crippen LogP) is 3.90. The van der Waals surface area contributed by atoms with E-state index in [2.05, 4.69) is 37.9 Å². The van der Waals surface area contributed by atoms with Gasteiger partial charge in [-0.15, -0.1) is 0 Å². The highest BCUT2D eigenvalue weighted by Gasteiger charge is 2.21. The van der Waals surface area contributed by atoms with Crippen molar-refractivity contribution in [3.8, 4) is 0 Å². The van der Waals surface area contributed by atoms with Gasteiger partial charge < -0.3 is 15.1 Å². The minimum absolute atomic E-state index is 0.0156. The molecule has 144 valence electrons. The van der Waals surface area contributed by atoms with Gasteiger partial charge in [-0.2, -0.15) is 0 Å². The first-order valence-corrected chi connectivity index (χ1v) is 9.71. The lowest BCUT2D eigenvalue weighted by molar-refractivity contribution is -0.131. The van der Waals surface area contributed by atoms with Gasteiger partial charge in [0.15, 0.2) is 0 Å². The summed E-state index contributed by atoms with van der Waals surface area (Å²) in [7, 11) is 0. The highest BCUT2D eigenvalue weighted by molar-refractivity contribution is 5.91. The van der Waals surface area contributed by atoms with Crippen molar-refractivity contribution >= 4 is 23.2 Å². The summed E-state index contributed by atoms with van der Waals surface area (Å²) >= 11 is 0. The summed E-state index contributed by atoms with van der Waals surface area (Å²) < 4.78 is 0. The van der Waals surface area contributed by atoms with Crippen LogP contribution in [-0.4, -0.2) is 42.9 Å². The molecule has 1 fully saturated rings. The van der Waals surface area contributed by atoms with Crippen molar-refractivity contribution in [3.05, 3.63) is 24.3 Å². The lowest BCUT2D eigenvalue weighted by Gasteiger charge is -2.36. The fourth-order valence-electron chi connectivity index (χ4n) is 3.14. The molecular formula is C21H33N3O2. The van der Waals surface area contributed by atoms with Gasteiger partial charge in [-0.25, -0.2) is 0 Å². The first kappa shape index (κ1) is 20.3. The molecule has 0 bridgehead atoms. The van der Waals surface area contributed by atoms with E-state index in [0.29, 0.717) is 12.8 Å². The molecule has 1 aromatic rings. The lowest BCUT2D eigenvalue weighted by atomic mass is 9.92. The molecule has 0 aromatic heterocycles. The maximum atomic E-state index is 12.1. The standard InChI is InChI=1S/C21H33N3O2/c1-5-6-7-20(26)24-14-12-23(13-15-24)18-10-8-17(9-11-18)22-19(25)16-21(2,3)4/h8-11H,5-7,12-16H2,1-4H3,(H,22,25). The topological polar surface area (TPSA) is 52.7 Å². The lowest BCUT2D eigenvalue weighted by Crippen LogP contribution is -2.48. The molecule has 1 aromatic carbocycles. The summed E-state index contributed by atoms with van der Waals surface area (Å²) in [6, 6.07) is 7.99. The van der Waals surface area contributed by atoms with Crippen LogP contribution in [0.2, 0.25) is 0 Å². The number of carbonyl (C=O) groups is 2. The molecular weight excluding hydrogens is 326 g/mol. The molecule has 0 aliphatic carbocycles. The third-order valence-electron chi connectivity index (χ3n) is 4.58. The Balaban J connectivity index is 1.84. The van der Waals surface area contributed by atoms with E-state index in [1.165, 1.54) is 0 Å². The zero-order valence-corrected chi connectivity index (χ0v) is 16.7. The Bertz CT molecular complexity index is 597. The van der Waals surface area contributed by atoms with Crippen LogP contribution in [0.5, 0.6) is 0 Å². The van der Waals surface area contributed by atoms with Gasteiger partial charge in [-0.3, -0.25) is 9.59 Å². The summed E-state index contributed by atoms with van der Waals surface area (Å²) in [5.41, 5.74) is 1.95. The Morgan fingerprint density at radius 1 is 1.04 bits per heavy atom. The summed E-state index contributed by atoms with van der Waals surface area (Å²) in [6.45, 7) is 11.6. The molecule has 0 spiro atoms. The fourth-order valence-corrected chi connectivity index (χ4v) is 3.14. The number of unbranched alkanes of at least 4 members (excludes halogenated alkanes) is 1. The van der Waals surface area contributed by atoms with E-state index in [4.69, 9.17) is 0 Å². The Morgan fingerprint density at radius 2 is 1.65 bits per heavy atom. The molecule has 2 rings (SSSR count). The maximum absolute atomic E-state index is 12.1. The van der Waals surface area contributed by atoms with Gasteiger partial charge in [0.25, 0.3) is 0 Å². The zero-order chi connectivity index (χ0) is 19.2. The first-order valence-electron chi connectivity index (χ1n) is 9.71. The monoisotopic (exact) mass is 359 g/mol. The van der Waals surface area contributed by atoms with Crippen molar-refractivity contribution in [1.82, 2.24) is 4.90 Å². The van der Waals surface area contributed by atoms with Crippen LogP contribution >= 0.6 is 0 Å². The second-order valence-corrected chi connectivity index (χ2v) is 8.30. The van der Waals surface area contributed by atoms with Crippen molar-refractivity contribution in [1.29, 1.82) is 0 Å². The van der Waals surface area contributed by atoms with Crippen molar-refractivity contribution < 1.29 is 9.59 Å². The van der Waals surface area contributed by atoms with Gasteiger partial charge in [0.05, 0.1) is 0 Å². The number of piperazine rings is 1. The van der Waals surface area contributed by atoms with E-state index in [1.807, 2.05) is 29.2 Å². The summed E-state index contributed by atoms with van der Waals surface area (Å²) in [5, 5.41) is 2.96. The molecule has 0 radical (unpaired) electrons. The van der Waals surface area contributed by atoms with Crippen molar-refractivity contribution in [2.24, 2.45) is 5.41 Å². The molecule has 1 aliphatic heterocycles. The van der Waals surface area contributed by atoms with Gasteiger partial charge in [0.2, 0.25) is 11.8 Å². The molecule has 26 heavy (non-hydrogen) atoms.